The van der Waals surface area contributed by atoms with E-state index in [0.29, 0.717) is 72.4 Å². The fourth-order valence-electron chi connectivity index (χ4n) is 9.97. The fourth-order valence-corrected chi connectivity index (χ4v) is 9.97. The molecule has 2 aliphatic rings. The van der Waals surface area contributed by atoms with Crippen LogP contribution < -0.4 is 41.8 Å². The van der Waals surface area contributed by atoms with Gasteiger partial charge < -0.3 is 66.0 Å². The van der Waals surface area contributed by atoms with Crippen LogP contribution in [0.5, 0.6) is 11.5 Å². The summed E-state index contributed by atoms with van der Waals surface area (Å²) in [6.07, 6.45) is 8.76. The van der Waals surface area contributed by atoms with Crippen LogP contribution in [0.15, 0.2) is 36.4 Å². The quantitative estimate of drug-likeness (QED) is 0.0561. The average Bonchev–Trinajstić information content (AvgIpc) is 3.84. The predicted octanol–water partition coefficient (Wildman–Crippen LogP) is 6.34. The van der Waals surface area contributed by atoms with Crippen LogP contribution in [0, 0.1) is 0 Å². The van der Waals surface area contributed by atoms with Crippen LogP contribution in [-0.4, -0.2) is 157 Å². The summed E-state index contributed by atoms with van der Waals surface area (Å²) in [4.78, 5) is 128. The second kappa shape index (κ2) is 31.9. The van der Waals surface area contributed by atoms with Gasteiger partial charge in [0, 0.05) is 57.2 Å². The number of methoxy groups -OCH3 is 2. The van der Waals surface area contributed by atoms with Crippen LogP contribution in [0.4, 0.5) is 9.59 Å². The van der Waals surface area contributed by atoms with E-state index in [-0.39, 0.29) is 38.9 Å². The maximum absolute atomic E-state index is 15.2. The van der Waals surface area contributed by atoms with E-state index in [9.17, 15) is 38.4 Å². The largest absolute Gasteiger partial charge is 0.496 e. The Morgan fingerprint density at radius 1 is 0.780 bits per heavy atom. The van der Waals surface area contributed by atoms with Crippen molar-refractivity contribution in [3.63, 3.8) is 0 Å². The number of alkyl carbamates (subject to hydrolysis) is 1. The van der Waals surface area contributed by atoms with Gasteiger partial charge in [-0.3, -0.25) is 33.6 Å². The van der Waals surface area contributed by atoms with Gasteiger partial charge in [-0.05, 0) is 129 Å². The van der Waals surface area contributed by atoms with Gasteiger partial charge in [0.1, 0.15) is 59.0 Å². The molecule has 2 aliphatic heterocycles. The number of hydrogen-bond donors (Lipinski definition) is 6. The number of unbranched alkanes of at least 4 members (excludes halogenated alkanes) is 8. The van der Waals surface area contributed by atoms with Crippen LogP contribution in [0.25, 0.3) is 11.1 Å². The zero-order valence-electron chi connectivity index (χ0n) is 50.6. The first-order valence-electron chi connectivity index (χ1n) is 29.0. The third kappa shape index (κ3) is 21.0. The first-order valence-corrected chi connectivity index (χ1v) is 29.0. The first-order chi connectivity index (χ1) is 38.7. The van der Waals surface area contributed by atoms with Crippen molar-refractivity contribution < 1.29 is 62.1 Å². The summed E-state index contributed by atoms with van der Waals surface area (Å²) in [5.74, 6) is -3.88. The number of carbonyl (C=O) groups excluding carboxylic acids is 9. The Hall–Kier alpha value is -7.13. The molecular formula is C60H93N9O13. The Kier molecular flexibility index (Phi) is 26.2. The number of carbonyl (C=O) groups is 9. The molecule has 0 aromatic heterocycles. The van der Waals surface area contributed by atoms with Gasteiger partial charge >= 0.3 is 12.2 Å². The van der Waals surface area contributed by atoms with E-state index in [1.807, 2.05) is 0 Å². The zero-order chi connectivity index (χ0) is 60.9. The SMILES string of the molecule is CCCCCCCCCCN(CCC(=O)N[C@@H](CCCCNC(=O)OC(C)(C)C)C(=O)N(C)[C@@H]1C(=O)N[C@@H](C)C(=O)N[C@H](C(=O)N[C@@H](C)C(=O)N2CCC[C@H]2C(N)=O)Cc2ccc(OC)c(c2)-c2cc1ccc2OC)C(=O)OC(C)(C)C. The highest BCUT2D eigenvalue weighted by atomic mass is 16.6. The summed E-state index contributed by atoms with van der Waals surface area (Å²) < 4.78 is 22.8. The minimum absolute atomic E-state index is 0.00766. The first kappa shape index (κ1) is 67.4. The van der Waals surface area contributed by atoms with Crippen molar-refractivity contribution in [2.75, 3.05) is 47.4 Å². The number of benzene rings is 2. The minimum Gasteiger partial charge on any atom is -0.496 e. The molecule has 9 amide bonds. The van der Waals surface area contributed by atoms with Gasteiger partial charge in [0.05, 0.1) is 14.2 Å². The second-order valence-electron chi connectivity index (χ2n) is 23.4. The molecule has 22 nitrogen and oxygen atoms in total. The van der Waals surface area contributed by atoms with Gasteiger partial charge in [0.15, 0.2) is 0 Å². The maximum atomic E-state index is 15.2. The Morgan fingerprint density at radius 2 is 1.40 bits per heavy atom. The molecule has 0 aliphatic carbocycles. The second-order valence-corrected chi connectivity index (χ2v) is 23.4. The zero-order valence-corrected chi connectivity index (χ0v) is 50.6. The Balaban J connectivity index is 1.70. The number of hydrogen-bond acceptors (Lipinski definition) is 13. The highest BCUT2D eigenvalue weighted by Gasteiger charge is 2.39. The summed E-state index contributed by atoms with van der Waals surface area (Å²) in [5, 5.41) is 13.8. The molecule has 456 valence electrons. The third-order valence-corrected chi connectivity index (χ3v) is 14.3. The molecular weight excluding hydrogens is 1050 g/mol. The van der Waals surface area contributed by atoms with Crippen molar-refractivity contribution >= 4 is 53.5 Å². The Morgan fingerprint density at radius 3 is 2.02 bits per heavy atom. The van der Waals surface area contributed by atoms with E-state index in [2.05, 4.69) is 33.5 Å². The van der Waals surface area contributed by atoms with E-state index >= 15 is 4.79 Å². The predicted molar refractivity (Wildman–Crippen MR) is 310 cm³/mol. The minimum atomic E-state index is -1.45. The molecule has 0 saturated carbocycles. The molecule has 82 heavy (non-hydrogen) atoms. The van der Waals surface area contributed by atoms with Gasteiger partial charge in [-0.1, -0.05) is 64.0 Å². The van der Waals surface area contributed by atoms with Crippen LogP contribution in [0.1, 0.15) is 169 Å². The molecule has 2 heterocycles. The number of nitrogens with zero attached hydrogens (tertiary/aromatic N) is 3. The van der Waals surface area contributed by atoms with E-state index in [1.54, 1.807) is 77.9 Å². The standard InChI is InChI=1S/C60H93N9O13/c1-13-14-15-16-17-18-19-22-32-68(58(78)82-60(7,8)9)34-30-49(70)65-44(24-20-21-31-62-57(77)81-59(4,5)6)56(76)67(10)50-41-27-29-48(80-12)43(37-41)42-35-40(26-28-47(42)79-11)36-45(66-52(72)38(2)63-54(50)74)53(73)64-39(3)55(75)69-33-23-25-46(69)51(61)71/h26-29,35,37-39,44-46,50H,13-25,30-34,36H2,1-12H3,(H2,61,71)(H,62,77)(H,63,74)(H,64,73)(H,65,70)(H,66,72)/t38-,39-,44-,45-,46-,50-/m0/s1. The van der Waals surface area contributed by atoms with Crippen LogP contribution in [0.2, 0.25) is 0 Å². The Labute approximate surface area is 484 Å². The number of nitrogens with one attached hydrogen (secondary N) is 5. The summed E-state index contributed by atoms with van der Waals surface area (Å²) in [7, 11) is 4.36. The highest BCUT2D eigenvalue weighted by molar-refractivity contribution is 5.98. The maximum Gasteiger partial charge on any atom is 0.410 e. The lowest BCUT2D eigenvalue weighted by molar-refractivity contribution is -0.143. The van der Waals surface area contributed by atoms with Crippen molar-refractivity contribution in [3.05, 3.63) is 47.5 Å². The molecule has 6 atom stereocenters. The van der Waals surface area contributed by atoms with Crippen molar-refractivity contribution in [2.45, 2.75) is 206 Å². The lowest BCUT2D eigenvalue weighted by Crippen LogP contribution is -2.58. The average molecular weight is 1150 g/mol. The lowest BCUT2D eigenvalue weighted by Gasteiger charge is -2.33. The smallest absolute Gasteiger partial charge is 0.410 e. The van der Waals surface area contributed by atoms with Gasteiger partial charge in [0.25, 0.3) is 0 Å². The third-order valence-electron chi connectivity index (χ3n) is 14.3. The number of rotatable bonds is 26. The van der Waals surface area contributed by atoms with E-state index in [4.69, 9.17) is 24.7 Å². The molecule has 22 heteroatoms. The Bertz CT molecular complexity index is 2530. The van der Waals surface area contributed by atoms with Crippen molar-refractivity contribution in [3.8, 4) is 22.6 Å². The summed E-state index contributed by atoms with van der Waals surface area (Å²) in [6.45, 7) is 16.5. The number of likely N-dealkylation sites (tertiary alicyclic amines) is 1. The summed E-state index contributed by atoms with van der Waals surface area (Å²) >= 11 is 0. The topological polar surface area (TPSA) is 286 Å². The van der Waals surface area contributed by atoms with Gasteiger partial charge in [0.2, 0.25) is 41.4 Å². The molecule has 0 unspecified atom stereocenters. The number of primary amides is 1. The van der Waals surface area contributed by atoms with Crippen molar-refractivity contribution in [1.82, 2.24) is 41.3 Å². The van der Waals surface area contributed by atoms with Crippen molar-refractivity contribution in [1.29, 1.82) is 0 Å². The molecule has 2 aromatic rings. The van der Waals surface area contributed by atoms with Gasteiger partial charge in [-0.15, -0.1) is 0 Å². The lowest BCUT2D eigenvalue weighted by atomic mass is 9.93. The van der Waals surface area contributed by atoms with Crippen LogP contribution >= 0.6 is 0 Å². The van der Waals surface area contributed by atoms with Gasteiger partial charge in [-0.2, -0.15) is 0 Å². The van der Waals surface area contributed by atoms with E-state index < -0.39 is 101 Å². The number of nitrogens with two attached hydrogens (primary N) is 1. The normalized spacial score (nSPS) is 18.1. The molecule has 1 fully saturated rings. The molecule has 1 saturated heterocycles. The fraction of sp³-hybridized carbons (Fsp3) is 0.650. The van der Waals surface area contributed by atoms with E-state index in [1.165, 1.54) is 62.7 Å². The summed E-state index contributed by atoms with van der Waals surface area (Å²) in [5.41, 5.74) is 5.87. The number of ether oxygens (including phenoxy) is 4. The number of fused-ring (bicyclic) bond motifs is 5. The summed E-state index contributed by atoms with van der Waals surface area (Å²) in [6, 6.07) is 2.90. The molecule has 2 aromatic carbocycles. The van der Waals surface area contributed by atoms with Crippen LogP contribution in [0.3, 0.4) is 0 Å². The molecule has 0 spiro atoms. The monoisotopic (exact) mass is 1150 g/mol. The molecule has 7 N–H and O–H groups in total. The highest BCUT2D eigenvalue weighted by Crippen LogP contribution is 2.40. The van der Waals surface area contributed by atoms with Crippen molar-refractivity contribution in [2.24, 2.45) is 5.73 Å². The molecule has 4 bridgehead atoms. The molecule has 4 rings (SSSR count). The van der Waals surface area contributed by atoms with Gasteiger partial charge in [-0.25, -0.2) is 9.59 Å². The number of amides is 9. The number of likely N-dealkylation sites (N-methyl/N-ethyl adjacent to an activating group) is 1. The van der Waals surface area contributed by atoms with Crippen LogP contribution in [-0.2, 0) is 49.5 Å². The van der Waals surface area contributed by atoms with E-state index in [0.717, 1.165) is 32.1 Å². The molecule has 0 radical (unpaired) electrons.